The van der Waals surface area contributed by atoms with Gasteiger partial charge in [0, 0.05) is 0 Å². The van der Waals surface area contributed by atoms with Crippen molar-refractivity contribution in [1.82, 2.24) is 56.9 Å². The fourth-order valence-corrected chi connectivity index (χ4v) is 12.9. The summed E-state index contributed by atoms with van der Waals surface area (Å²) >= 11 is 4.67. The summed E-state index contributed by atoms with van der Waals surface area (Å²) in [4.78, 5) is 21.6. The van der Waals surface area contributed by atoms with Crippen molar-refractivity contribution in [3.63, 3.8) is 0 Å². The van der Waals surface area contributed by atoms with Crippen molar-refractivity contribution < 1.29 is 13.2 Å². The number of para-hydroxylation sites is 1. The summed E-state index contributed by atoms with van der Waals surface area (Å²) in [5.74, 6) is 0. The van der Waals surface area contributed by atoms with Crippen LogP contribution in [0.15, 0.2) is 183 Å². The second-order valence-electron chi connectivity index (χ2n) is 18.4. The zero-order valence-electron chi connectivity index (χ0n) is 42.8. The van der Waals surface area contributed by atoms with Crippen LogP contribution in [-0.2, 0) is 11.6 Å². The van der Waals surface area contributed by atoms with E-state index in [1.807, 2.05) is 86.3 Å². The third-order valence-corrected chi connectivity index (χ3v) is 17.6. The van der Waals surface area contributed by atoms with Crippen LogP contribution in [0.25, 0.3) is 78.3 Å². The Morgan fingerprint density at radius 3 is 1.58 bits per heavy atom. The number of aryl methyl sites for hydroxylation is 2. The van der Waals surface area contributed by atoms with Crippen LogP contribution in [0.5, 0.6) is 0 Å². The second kappa shape index (κ2) is 25.1. The molecule has 371 valence electrons. The molecule has 0 spiro atoms. The van der Waals surface area contributed by atoms with Gasteiger partial charge in [-0.05, 0) is 0 Å². The predicted molar refractivity (Wildman–Crippen MR) is 305 cm³/mol. The van der Waals surface area contributed by atoms with E-state index in [1.165, 1.54) is 53.6 Å². The zero-order chi connectivity index (χ0) is 54.1. The molecular formula is C55H50F3Ga5N13. The quantitative estimate of drug-likeness (QED) is 0.160. The van der Waals surface area contributed by atoms with Gasteiger partial charge in [0.15, 0.2) is 0 Å². The van der Waals surface area contributed by atoms with Crippen molar-refractivity contribution in [2.24, 2.45) is 0 Å². The van der Waals surface area contributed by atoms with Crippen LogP contribution in [0.1, 0.15) is 43.3 Å². The molecule has 12 aromatic rings. The molecule has 0 atom stereocenters. The van der Waals surface area contributed by atoms with Gasteiger partial charge in [-0.25, -0.2) is 0 Å². The van der Waals surface area contributed by atoms with Gasteiger partial charge in [-0.2, -0.15) is 0 Å². The van der Waals surface area contributed by atoms with Gasteiger partial charge in [-0.3, -0.25) is 0 Å². The maximum atomic E-state index is 12.4. The fourth-order valence-electron chi connectivity index (χ4n) is 8.14. The Bertz CT molecular complexity index is 3720. The molecule has 21 heteroatoms. The Labute approximate surface area is 489 Å². The average Bonchev–Trinajstić information content (AvgIpc) is 4.29. The van der Waals surface area contributed by atoms with Crippen LogP contribution in [0.4, 0.5) is 13.2 Å². The number of aromatic nitrogens is 13. The van der Waals surface area contributed by atoms with Gasteiger partial charge in [0.25, 0.3) is 0 Å². The SMILES string of the molecule is CC(C)(C)c1cc(-c2ccccn2)[n]([GaH])n1.Cc1c(-c2ccccn2)[n]([GaH])c2ccccc12.Cc1ccnc(-c2ccn[n]2[GaH])c1.FC(F)(F)c1cc(-c2ccccn2)[n]([GaH])n1.[GaH][n]1ccc2ccc3cccnc3c21. The monoisotopic (exact) mass is 1290 g/mol. The van der Waals surface area contributed by atoms with Crippen molar-refractivity contribution in [3.8, 4) is 45.6 Å². The molecule has 10 heterocycles. The summed E-state index contributed by atoms with van der Waals surface area (Å²) < 4.78 is 47.1. The van der Waals surface area contributed by atoms with Crippen LogP contribution in [0.2, 0.25) is 0 Å². The molecule has 0 saturated carbocycles. The molecule has 0 aliphatic carbocycles. The van der Waals surface area contributed by atoms with Crippen LogP contribution < -0.4 is 0 Å². The molecule has 12 rings (SSSR count). The van der Waals surface area contributed by atoms with Crippen LogP contribution in [0.3, 0.4) is 0 Å². The van der Waals surface area contributed by atoms with Crippen LogP contribution in [-0.4, -0.2) is 151 Å². The van der Waals surface area contributed by atoms with E-state index in [0.717, 1.165) is 121 Å². The summed E-state index contributed by atoms with van der Waals surface area (Å²) in [6.07, 6.45) is 8.42. The number of halogens is 3. The predicted octanol–water partition coefficient (Wildman–Crippen LogP) is 8.98. The molecule has 0 bridgehead atoms. The molecule has 0 saturated heterocycles. The molecule has 0 fully saturated rings. The number of hydrogen-bond donors (Lipinski definition) is 0. The van der Waals surface area contributed by atoms with E-state index in [1.54, 1.807) is 18.2 Å². The zero-order valence-corrected chi connectivity index (χ0v) is 57.6. The molecule has 2 aromatic carbocycles. The van der Waals surface area contributed by atoms with Gasteiger partial charge in [-0.1, -0.05) is 0 Å². The van der Waals surface area contributed by atoms with E-state index >= 15 is 0 Å². The number of nitrogens with zero attached hydrogens (tertiary/aromatic N) is 13. The average molecular weight is 1300 g/mol. The third kappa shape index (κ3) is 13.6. The molecule has 76 heavy (non-hydrogen) atoms. The molecule has 0 unspecified atom stereocenters. The number of fused-ring (bicyclic) bond motifs is 4. The van der Waals surface area contributed by atoms with Crippen LogP contribution >= 0.6 is 0 Å². The van der Waals surface area contributed by atoms with Crippen molar-refractivity contribution in [1.29, 1.82) is 0 Å². The van der Waals surface area contributed by atoms with Gasteiger partial charge in [0.05, 0.1) is 0 Å². The standard InChI is InChI=1S/C14H11N2.C12H14N3.C11H7N2.C9H5F3N3.C9H8N3.5Ga.5H/c1-10-11-6-2-3-7-12(11)16-14(10)13-8-4-5-9-15-13;1-12(2,3)11-8-10(14-15-11)9-6-4-5-7-13-9;1-2-8-3-4-9-5-7-13-11(9)10(8)12-6-1;10-9(11,12)8-5-7(14-15-8)6-3-1-2-4-13-6;1-7-2-4-10-9(6-7)8-3-5-11-12-8;;;;;;;;;;/h2-9H,1H3;4-8H,1-3H3;1-7H;1-5H;2-6H,1H3;;;;;;;;;;/q5*-1;5*+1;;;;;. The van der Waals surface area contributed by atoms with E-state index in [9.17, 15) is 13.2 Å². The van der Waals surface area contributed by atoms with Crippen molar-refractivity contribution in [2.75, 3.05) is 0 Å². The van der Waals surface area contributed by atoms with E-state index in [-0.39, 0.29) is 5.41 Å². The number of pyridine rings is 5. The first-order chi connectivity index (χ1) is 36.4. The maximum absolute atomic E-state index is 12.4. The topological polar surface area (TPSA) is 128 Å². The molecule has 10 aromatic heterocycles. The number of hydrogen-bond acceptors (Lipinski definition) is 8. The van der Waals surface area contributed by atoms with E-state index in [2.05, 4.69) is 154 Å². The van der Waals surface area contributed by atoms with E-state index in [4.69, 9.17) is 0 Å². The van der Waals surface area contributed by atoms with Gasteiger partial charge in [-0.15, -0.1) is 0 Å². The summed E-state index contributed by atoms with van der Waals surface area (Å²) in [6, 6.07) is 45.4. The summed E-state index contributed by atoms with van der Waals surface area (Å²) in [7, 11) is 0. The molecule has 0 amide bonds. The second-order valence-corrected chi connectivity index (χ2v) is 25.0. The molecule has 0 N–H and O–H groups in total. The Kier molecular flexibility index (Phi) is 18.6. The normalized spacial score (nSPS) is 11.2. The van der Waals surface area contributed by atoms with Gasteiger partial charge in [0.1, 0.15) is 0 Å². The van der Waals surface area contributed by atoms with E-state index in [0.29, 0.717) is 30.2 Å². The Balaban J connectivity index is 0.000000126. The molecule has 13 nitrogen and oxygen atoms in total. The van der Waals surface area contributed by atoms with Gasteiger partial charge in [0.2, 0.25) is 0 Å². The molecular weight excluding hydrogens is 1250 g/mol. The first-order valence-corrected chi connectivity index (χ1v) is 30.5. The number of rotatable bonds is 4. The first-order valence-electron chi connectivity index (χ1n) is 23.9. The number of benzene rings is 2. The molecule has 5 radical (unpaired) electrons. The first kappa shape index (κ1) is 56.3. The van der Waals surface area contributed by atoms with Crippen molar-refractivity contribution >= 4 is 127 Å². The minimum absolute atomic E-state index is 0.0942. The summed E-state index contributed by atoms with van der Waals surface area (Å²) in [5.41, 5.74) is 14.0. The summed E-state index contributed by atoms with van der Waals surface area (Å²) in [6.45, 7) is 10.8. The molecule has 0 aliphatic heterocycles. The van der Waals surface area contributed by atoms with Gasteiger partial charge >= 0.3 is 494 Å². The Morgan fingerprint density at radius 2 is 1.04 bits per heavy atom. The van der Waals surface area contributed by atoms with E-state index < -0.39 is 11.9 Å². The number of alkyl halides is 3. The van der Waals surface area contributed by atoms with Crippen molar-refractivity contribution in [3.05, 3.63) is 205 Å². The van der Waals surface area contributed by atoms with Crippen LogP contribution in [0, 0.1) is 13.8 Å². The molecule has 0 aliphatic rings. The van der Waals surface area contributed by atoms with Crippen molar-refractivity contribution in [2.45, 2.75) is 46.2 Å². The third-order valence-electron chi connectivity index (χ3n) is 12.0. The Morgan fingerprint density at radius 1 is 0.474 bits per heavy atom. The van der Waals surface area contributed by atoms with Gasteiger partial charge < -0.3 is 0 Å². The minimum atomic E-state index is -4.41. The fraction of sp³-hybridized carbons (Fsp3) is 0.127. The Hall–Kier alpha value is -5.87. The summed E-state index contributed by atoms with van der Waals surface area (Å²) in [5, 5.41) is 16.0.